The van der Waals surface area contributed by atoms with Crippen LogP contribution < -0.4 is 14.8 Å². The van der Waals surface area contributed by atoms with Crippen molar-refractivity contribution in [3.05, 3.63) is 52.9 Å². The summed E-state index contributed by atoms with van der Waals surface area (Å²) in [7, 11) is 3.22. The fraction of sp³-hybridized carbons (Fsp3) is 0.167. The van der Waals surface area contributed by atoms with E-state index in [-0.39, 0.29) is 5.91 Å². The van der Waals surface area contributed by atoms with Crippen molar-refractivity contribution in [1.82, 2.24) is 0 Å². The van der Waals surface area contributed by atoms with Gasteiger partial charge >= 0.3 is 0 Å². The Labute approximate surface area is 149 Å². The van der Waals surface area contributed by atoms with Crippen LogP contribution in [0.2, 0.25) is 0 Å². The second-order valence-electron chi connectivity index (χ2n) is 5.07. The number of fused-ring (bicyclic) bond motifs is 1. The first-order valence-corrected chi connectivity index (χ1v) is 8.62. The van der Waals surface area contributed by atoms with Gasteiger partial charge in [-0.3, -0.25) is 4.79 Å². The van der Waals surface area contributed by atoms with Crippen molar-refractivity contribution in [3.8, 4) is 11.5 Å². The van der Waals surface area contributed by atoms with E-state index in [1.807, 2.05) is 42.5 Å². The van der Waals surface area contributed by atoms with E-state index in [1.54, 1.807) is 14.2 Å². The summed E-state index contributed by atoms with van der Waals surface area (Å²) in [5.41, 5.74) is 1.60. The van der Waals surface area contributed by atoms with Gasteiger partial charge in [-0.1, -0.05) is 18.2 Å². The predicted molar refractivity (Wildman–Crippen MR) is 98.9 cm³/mol. The quantitative estimate of drug-likeness (QED) is 0.657. The molecule has 0 aliphatic carbocycles. The summed E-state index contributed by atoms with van der Waals surface area (Å²) >= 11 is 7.29. The molecule has 1 aromatic heterocycles. The van der Waals surface area contributed by atoms with E-state index >= 15 is 0 Å². The minimum absolute atomic E-state index is 0.183. The molecule has 0 spiro atoms. The molecule has 0 saturated heterocycles. The van der Waals surface area contributed by atoms with Crippen LogP contribution in [-0.4, -0.2) is 20.1 Å². The highest BCUT2D eigenvalue weighted by Gasteiger charge is 2.17. The normalized spacial score (nSPS) is 10.6. The average molecular weight is 362 g/mol. The number of carbonyl (C=O) groups excluding carboxylic acids is 1. The third-order valence-corrected chi connectivity index (χ3v) is 5.12. The van der Waals surface area contributed by atoms with Crippen molar-refractivity contribution in [2.45, 2.75) is 5.88 Å². The number of carbonyl (C=O) groups is 1. The molecular weight excluding hydrogens is 346 g/mol. The molecule has 3 rings (SSSR count). The zero-order valence-corrected chi connectivity index (χ0v) is 14.8. The molecule has 4 nitrogen and oxygen atoms in total. The first-order valence-electron chi connectivity index (χ1n) is 7.27. The van der Waals surface area contributed by atoms with Crippen LogP contribution in [0.1, 0.15) is 15.2 Å². The van der Waals surface area contributed by atoms with Crippen LogP contribution in [0, 0.1) is 0 Å². The SMILES string of the molecule is COc1ccc(OC)c2sc(C(=O)Nc3ccccc3CCl)cc12. The lowest BCUT2D eigenvalue weighted by Gasteiger charge is -2.07. The van der Waals surface area contributed by atoms with Crippen LogP contribution in [0.3, 0.4) is 0 Å². The molecule has 24 heavy (non-hydrogen) atoms. The fourth-order valence-corrected chi connectivity index (χ4v) is 3.76. The molecule has 3 aromatic rings. The molecule has 0 aliphatic heterocycles. The van der Waals surface area contributed by atoms with Crippen LogP contribution in [0.25, 0.3) is 10.1 Å². The molecule has 0 bridgehead atoms. The van der Waals surface area contributed by atoms with Crippen molar-refractivity contribution in [1.29, 1.82) is 0 Å². The second kappa shape index (κ2) is 7.11. The van der Waals surface area contributed by atoms with E-state index in [4.69, 9.17) is 21.1 Å². The van der Waals surface area contributed by atoms with Crippen LogP contribution in [0.15, 0.2) is 42.5 Å². The molecule has 2 aromatic carbocycles. The molecule has 0 fully saturated rings. The number of hydrogen-bond donors (Lipinski definition) is 1. The Kier molecular flexibility index (Phi) is 4.92. The summed E-state index contributed by atoms with van der Waals surface area (Å²) < 4.78 is 11.6. The number of nitrogens with one attached hydrogen (secondary N) is 1. The summed E-state index contributed by atoms with van der Waals surface area (Å²) in [5, 5.41) is 3.78. The number of para-hydroxylation sites is 1. The van der Waals surface area contributed by atoms with E-state index in [1.165, 1.54) is 11.3 Å². The first-order chi connectivity index (χ1) is 11.7. The number of amides is 1. The van der Waals surface area contributed by atoms with Gasteiger partial charge in [0.1, 0.15) is 11.5 Å². The number of halogens is 1. The maximum atomic E-state index is 12.6. The van der Waals surface area contributed by atoms with E-state index in [0.717, 1.165) is 21.4 Å². The topological polar surface area (TPSA) is 47.6 Å². The molecule has 0 atom stereocenters. The van der Waals surface area contributed by atoms with Crippen molar-refractivity contribution >= 4 is 44.6 Å². The molecule has 1 N–H and O–H groups in total. The third-order valence-electron chi connectivity index (χ3n) is 3.68. The Bertz CT molecular complexity index is 850. The highest BCUT2D eigenvalue weighted by Crippen LogP contribution is 2.39. The fourth-order valence-electron chi connectivity index (χ4n) is 2.47. The van der Waals surface area contributed by atoms with Gasteiger partial charge in [0.25, 0.3) is 5.91 Å². The Balaban J connectivity index is 1.98. The van der Waals surface area contributed by atoms with Crippen LogP contribution in [0.5, 0.6) is 11.5 Å². The maximum absolute atomic E-state index is 12.6. The van der Waals surface area contributed by atoms with Gasteiger partial charge in [0.2, 0.25) is 0 Å². The maximum Gasteiger partial charge on any atom is 0.265 e. The molecule has 6 heteroatoms. The first kappa shape index (κ1) is 16.6. The number of thiophene rings is 1. The number of methoxy groups -OCH3 is 2. The minimum Gasteiger partial charge on any atom is -0.496 e. The van der Waals surface area contributed by atoms with Crippen molar-refractivity contribution in [2.24, 2.45) is 0 Å². The Morgan fingerprint density at radius 1 is 1.12 bits per heavy atom. The van der Waals surface area contributed by atoms with Crippen LogP contribution in [-0.2, 0) is 5.88 Å². The number of benzene rings is 2. The zero-order chi connectivity index (χ0) is 17.1. The molecule has 0 saturated carbocycles. The summed E-state index contributed by atoms with van der Waals surface area (Å²) in [5.74, 6) is 1.58. The lowest BCUT2D eigenvalue weighted by atomic mass is 10.2. The monoisotopic (exact) mass is 361 g/mol. The van der Waals surface area contributed by atoms with E-state index in [0.29, 0.717) is 22.2 Å². The molecule has 1 amide bonds. The average Bonchev–Trinajstić information content (AvgIpc) is 3.07. The lowest BCUT2D eigenvalue weighted by molar-refractivity contribution is 0.103. The van der Waals surface area contributed by atoms with Gasteiger partial charge in [-0.25, -0.2) is 0 Å². The number of rotatable bonds is 5. The van der Waals surface area contributed by atoms with Gasteiger partial charge in [0, 0.05) is 17.0 Å². The lowest BCUT2D eigenvalue weighted by Crippen LogP contribution is -2.11. The van der Waals surface area contributed by atoms with Gasteiger partial charge in [-0.2, -0.15) is 0 Å². The summed E-state index contributed by atoms with van der Waals surface area (Å²) in [6, 6.07) is 13.0. The van der Waals surface area contributed by atoms with Gasteiger partial charge in [0.05, 0.1) is 23.8 Å². The highest BCUT2D eigenvalue weighted by atomic mass is 35.5. The standard InChI is InChI=1S/C18H16ClNO3S/c1-22-14-7-8-15(23-2)17-12(14)9-16(24-17)18(21)20-13-6-4-3-5-11(13)10-19/h3-9H,10H2,1-2H3,(H,20,21). The number of anilines is 1. The van der Waals surface area contributed by atoms with E-state index in [2.05, 4.69) is 5.32 Å². The van der Waals surface area contributed by atoms with Crippen molar-refractivity contribution in [3.63, 3.8) is 0 Å². The van der Waals surface area contributed by atoms with Gasteiger partial charge in [0.15, 0.2) is 0 Å². The van der Waals surface area contributed by atoms with Crippen molar-refractivity contribution < 1.29 is 14.3 Å². The molecule has 0 aliphatic rings. The predicted octanol–water partition coefficient (Wildman–Crippen LogP) is 4.91. The van der Waals surface area contributed by atoms with Gasteiger partial charge < -0.3 is 14.8 Å². The van der Waals surface area contributed by atoms with Gasteiger partial charge in [-0.15, -0.1) is 22.9 Å². The number of alkyl halides is 1. The van der Waals surface area contributed by atoms with Gasteiger partial charge in [-0.05, 0) is 29.8 Å². The van der Waals surface area contributed by atoms with Crippen molar-refractivity contribution in [2.75, 3.05) is 19.5 Å². The van der Waals surface area contributed by atoms with E-state index in [9.17, 15) is 4.79 Å². The van der Waals surface area contributed by atoms with Crippen LogP contribution in [0.4, 0.5) is 5.69 Å². The summed E-state index contributed by atoms with van der Waals surface area (Å²) in [6.07, 6.45) is 0. The second-order valence-corrected chi connectivity index (χ2v) is 6.39. The van der Waals surface area contributed by atoms with E-state index < -0.39 is 0 Å². The third kappa shape index (κ3) is 3.05. The molecule has 0 radical (unpaired) electrons. The Morgan fingerprint density at radius 2 is 1.83 bits per heavy atom. The Hall–Kier alpha value is -2.24. The zero-order valence-electron chi connectivity index (χ0n) is 13.3. The highest BCUT2D eigenvalue weighted by molar-refractivity contribution is 7.21. The minimum atomic E-state index is -0.183. The Morgan fingerprint density at radius 3 is 2.54 bits per heavy atom. The molecule has 0 unspecified atom stereocenters. The van der Waals surface area contributed by atoms with Crippen LogP contribution >= 0.6 is 22.9 Å². The number of ether oxygens (including phenoxy) is 2. The summed E-state index contributed by atoms with van der Waals surface area (Å²) in [4.78, 5) is 13.2. The number of hydrogen-bond acceptors (Lipinski definition) is 4. The molecule has 124 valence electrons. The largest absolute Gasteiger partial charge is 0.496 e. The molecule has 1 heterocycles. The molecular formula is C18H16ClNO3S. The summed E-state index contributed by atoms with van der Waals surface area (Å²) in [6.45, 7) is 0. The smallest absolute Gasteiger partial charge is 0.265 e.